The molecule has 0 radical (unpaired) electrons. The minimum Gasteiger partial charge on any atom is 0 e. The van der Waals surface area contributed by atoms with Gasteiger partial charge in [-0.3, -0.25) is 0 Å². The Morgan fingerprint density at radius 3 is 1.25 bits per heavy atom. The van der Waals surface area contributed by atoms with Crippen molar-refractivity contribution < 1.29 is 74.8 Å². The van der Waals surface area contributed by atoms with Crippen LogP contribution in [-0.2, 0) is 19.6 Å². The third-order valence-electron chi connectivity index (χ3n) is 0. The molecule has 0 unspecified atom stereocenters. The van der Waals surface area contributed by atoms with Gasteiger partial charge in [0.15, 0.2) is 0 Å². The van der Waals surface area contributed by atoms with E-state index in [0.717, 1.165) is 0 Å². The maximum absolute atomic E-state index is 9.74. The molecule has 0 saturated heterocycles. The van der Waals surface area contributed by atoms with E-state index in [1.54, 1.807) is 0 Å². The molecule has 0 fully saturated rings. The van der Waals surface area contributed by atoms with E-state index in [1.807, 2.05) is 0 Å². The Morgan fingerprint density at radius 1 is 1.25 bits per heavy atom. The number of hydrogen-bond acceptors (Lipinski definition) is 0. The van der Waals surface area contributed by atoms with Gasteiger partial charge in [-0.2, -0.15) is 0 Å². The molecule has 0 amide bonds. The first kappa shape index (κ1) is 9.45. The first-order chi connectivity index (χ1) is 1.41. The predicted molar refractivity (Wildman–Crippen MR) is 2.22 cm³/mol. The largest absolute Gasteiger partial charge is 0 e. The summed E-state index contributed by atoms with van der Waals surface area (Å²) in [7, 11) is 0. The molecule has 0 aromatic heterocycles. The first-order valence-electron chi connectivity index (χ1n) is 0.239. The topological polar surface area (TPSA) is 0 Å². The van der Waals surface area contributed by atoms with Gasteiger partial charge in [0.05, 0.1) is 0 Å². The van der Waals surface area contributed by atoms with Crippen molar-refractivity contribution in [2.24, 2.45) is 0 Å². The zero-order chi connectivity index (χ0) is 2.71. The molecule has 0 aromatic carbocycles. The van der Waals surface area contributed by atoms with Crippen LogP contribution in [0.15, 0.2) is 0 Å². The van der Waals surface area contributed by atoms with Crippen LogP contribution < -0.4 is 0 Å². The second-order valence-corrected chi connectivity index (χ2v) is 0.370. The summed E-state index contributed by atoms with van der Waals surface area (Å²) in [6.45, 7) is 0. The molecule has 0 aliphatic carbocycles. The van der Waals surface area contributed by atoms with Gasteiger partial charge < -0.3 is 0 Å². The summed E-state index contributed by atoms with van der Waals surface area (Å²) in [5.41, 5.74) is 0. The normalized spacial score (nSPS) is 5.50. The van der Waals surface area contributed by atoms with Crippen molar-refractivity contribution in [2.45, 2.75) is 0 Å². The van der Waals surface area contributed by atoms with Gasteiger partial charge in [-0.15, -0.1) is 0 Å². The fourth-order valence-electron chi connectivity index (χ4n) is 0. The Morgan fingerprint density at radius 2 is 1.25 bits per heavy atom. The Balaban J connectivity index is 0. The molecule has 0 bridgehead atoms. The van der Waals surface area contributed by atoms with Crippen molar-refractivity contribution in [3.8, 4) is 0 Å². The van der Waals surface area contributed by atoms with Crippen LogP contribution >= 0.6 is 0 Å². The predicted octanol–water partition coefficient (Wildman–Crippen LogP) is 0.838. The van der Waals surface area contributed by atoms with Gasteiger partial charge in [0.25, 0.3) is 0 Å². The van der Waals surface area contributed by atoms with Crippen LogP contribution in [0.2, 0.25) is 0 Å². The van der Waals surface area contributed by atoms with E-state index in [9.17, 15) is 6.32 Å². The second-order valence-electron chi connectivity index (χ2n) is 0.0452. The number of hydrogen-bond donors (Lipinski definition) is 0. The maximum atomic E-state index is 9.74. The zero-order valence-corrected chi connectivity index (χ0v) is 5.72. The van der Waals surface area contributed by atoms with Gasteiger partial charge in [0, 0.05) is 48.9 Å². The van der Waals surface area contributed by atoms with Crippen molar-refractivity contribution in [1.82, 2.24) is 0 Å². The molecule has 32 valence electrons. The summed E-state index contributed by atoms with van der Waals surface area (Å²) in [6.07, 6.45) is 0. The Hall–Kier alpha value is 2.12. The van der Waals surface area contributed by atoms with Crippen LogP contribution in [0.25, 0.3) is 0 Å². The minimum absolute atomic E-state index is 0. The molecule has 4 heteroatoms. The second kappa shape index (κ2) is 8.93. The first-order valence-corrected chi connectivity index (χ1v) is 1.96. The summed E-state index contributed by atoms with van der Waals surface area (Å²) in [5.74, 6) is 0. The Kier molecular flexibility index (Phi) is 21.1. The van der Waals surface area contributed by atoms with E-state index in [4.69, 9.17) is 0 Å². The van der Waals surface area contributed by atoms with E-state index in [-0.39, 0.29) is 48.9 Å². The third kappa shape index (κ3) is 8.92. The molecule has 0 atom stereocenters. The average molecular weight is 364 g/mol. The van der Waals surface area contributed by atoms with Crippen molar-refractivity contribution >= 4 is 0 Å². The van der Waals surface area contributed by atoms with Gasteiger partial charge >= 0.3 is 25.9 Å². The summed E-state index contributed by atoms with van der Waals surface area (Å²) in [4.78, 5) is 0. The summed E-state index contributed by atoms with van der Waals surface area (Å²) in [5, 5.41) is 0. The maximum Gasteiger partial charge on any atom is 0 e. The van der Waals surface area contributed by atoms with E-state index in [0.29, 0.717) is 0 Å². The smallest absolute Gasteiger partial charge is 0 e. The van der Waals surface area contributed by atoms with Crippen LogP contribution in [0.3, 0.4) is 0 Å². The quantitative estimate of drug-likeness (QED) is 0.598. The fourth-order valence-corrected chi connectivity index (χ4v) is 0. The SMILES string of the molecule is [F][Pt][F].[Xe]. The zero-order valence-electron chi connectivity index (χ0n) is 1.43. The van der Waals surface area contributed by atoms with Gasteiger partial charge in [0.2, 0.25) is 0 Å². The van der Waals surface area contributed by atoms with E-state index in [2.05, 4.69) is 0 Å². The molecule has 0 saturated carbocycles. The third-order valence-corrected chi connectivity index (χ3v) is 0. The van der Waals surface area contributed by atoms with Crippen LogP contribution in [0.4, 0.5) is 6.32 Å². The van der Waals surface area contributed by atoms with Crippen molar-refractivity contribution in [3.05, 3.63) is 0 Å². The molecular weight excluding hydrogens is 364 g/mol. The minimum atomic E-state index is -2.42. The van der Waals surface area contributed by atoms with Crippen molar-refractivity contribution in [2.75, 3.05) is 0 Å². The molecule has 0 aliphatic heterocycles. The fraction of sp³-hybridized carbons (Fsp3) is 0. The van der Waals surface area contributed by atoms with Crippen LogP contribution in [0.1, 0.15) is 0 Å². The van der Waals surface area contributed by atoms with Gasteiger partial charge in [-0.05, 0) is 0 Å². The molecule has 0 rings (SSSR count). The van der Waals surface area contributed by atoms with E-state index < -0.39 is 19.6 Å². The summed E-state index contributed by atoms with van der Waals surface area (Å²) < 4.78 is 19.5. The van der Waals surface area contributed by atoms with Crippen LogP contribution in [0, 0.1) is 48.9 Å². The molecular formula is F2PtXe. The van der Waals surface area contributed by atoms with Crippen LogP contribution in [-0.4, -0.2) is 0 Å². The van der Waals surface area contributed by atoms with E-state index >= 15 is 0 Å². The Bertz CT molecular complexity index is 6.00. The molecule has 0 N–H and O–H groups in total. The number of halogens is 2. The standard InChI is InChI=1S/2FH.Pt.Xe/h2*1H;;/q;;+2;/p-2. The summed E-state index contributed by atoms with van der Waals surface area (Å²) in [6, 6.07) is 0. The van der Waals surface area contributed by atoms with Crippen molar-refractivity contribution in [3.63, 3.8) is 0 Å². The summed E-state index contributed by atoms with van der Waals surface area (Å²) >= 11 is -2.42. The molecule has 0 spiro atoms. The van der Waals surface area contributed by atoms with E-state index in [1.165, 1.54) is 0 Å². The van der Waals surface area contributed by atoms with Gasteiger partial charge in [0.1, 0.15) is 0 Å². The molecule has 4 heavy (non-hydrogen) atoms. The van der Waals surface area contributed by atoms with Gasteiger partial charge in [-0.1, -0.05) is 0 Å². The molecule has 0 nitrogen and oxygen atoms in total. The average Bonchev–Trinajstić information content (AvgIpc) is 0.918. The number of rotatable bonds is 0. The molecule has 0 aromatic rings. The van der Waals surface area contributed by atoms with Crippen LogP contribution in [0.5, 0.6) is 0 Å². The monoisotopic (exact) mass is 365 g/mol. The Labute approximate surface area is 73.2 Å². The van der Waals surface area contributed by atoms with Gasteiger partial charge in [-0.25, -0.2) is 0 Å². The molecule has 0 aliphatic rings. The molecule has 0 heterocycles. The van der Waals surface area contributed by atoms with Crippen molar-refractivity contribution in [1.29, 1.82) is 0 Å².